The van der Waals surface area contributed by atoms with Crippen molar-refractivity contribution >= 4 is 29.5 Å². The zero-order chi connectivity index (χ0) is 47.4. The second-order valence-electron chi connectivity index (χ2n) is 20.5. The third kappa shape index (κ3) is 7.16. The van der Waals surface area contributed by atoms with E-state index in [1.165, 1.54) is 19.0 Å². The Labute approximate surface area is 385 Å². The van der Waals surface area contributed by atoms with E-state index in [9.17, 15) is 20.1 Å². The Morgan fingerprint density at radius 3 is 2.48 bits per heavy atom. The maximum Gasteiger partial charge on any atom is 0.333 e. The van der Waals surface area contributed by atoms with Crippen molar-refractivity contribution in [2.24, 2.45) is 17.8 Å². The Balaban J connectivity index is 1.33. The Morgan fingerprint density at radius 2 is 1.79 bits per heavy atom. The second-order valence-corrected chi connectivity index (χ2v) is 20.5. The maximum atomic E-state index is 15.3. The molecule has 4 N–H and O–H groups in total. The van der Waals surface area contributed by atoms with E-state index < -0.39 is 82.9 Å². The minimum Gasteiger partial charge on any atom is -0.482 e. The van der Waals surface area contributed by atoms with Gasteiger partial charge in [0.05, 0.1) is 36.6 Å². The first-order valence-corrected chi connectivity index (χ1v) is 23.2. The van der Waals surface area contributed by atoms with Gasteiger partial charge >= 0.3 is 5.97 Å². The van der Waals surface area contributed by atoms with Crippen molar-refractivity contribution in [2.45, 2.75) is 161 Å². The third-order valence-corrected chi connectivity index (χ3v) is 14.6. The lowest BCUT2D eigenvalue weighted by atomic mass is 9.46. The van der Waals surface area contributed by atoms with Gasteiger partial charge in [0.2, 0.25) is 12.2 Å². The Kier molecular flexibility index (Phi) is 11.5. The SMILES string of the molecule is COC(=O)/C(C)=C\CC1(O)C(=O)C2CC(C(C)C)C13Oc1c(CC=C(C)C)c4c(c(O[C@@H]5O[C@@H]6COC(C)(C)O[C@H]6[C@H](O)[C@H]5O)c1C1=C3C2n2ncnc2N1)C=CC(C)(CCC=C(C)C)O4. The van der Waals surface area contributed by atoms with Gasteiger partial charge in [0.1, 0.15) is 53.6 Å². The smallest absolute Gasteiger partial charge is 0.333 e. The Bertz CT molecular complexity index is 2490. The number of methoxy groups -OCH3 is 1. The number of esters is 1. The van der Waals surface area contributed by atoms with E-state index in [1.54, 1.807) is 31.5 Å². The lowest BCUT2D eigenvalue weighted by Gasteiger charge is -2.65. The van der Waals surface area contributed by atoms with Crippen LogP contribution in [0.1, 0.15) is 118 Å². The largest absolute Gasteiger partial charge is 0.482 e. The number of nitrogens with zero attached hydrogens (tertiary/aromatic N) is 3. The third-order valence-electron chi connectivity index (χ3n) is 14.6. The quantitative estimate of drug-likeness (QED) is 0.111. The molecular weight excluding hydrogens is 849 g/mol. The summed E-state index contributed by atoms with van der Waals surface area (Å²) >= 11 is 0. The van der Waals surface area contributed by atoms with Gasteiger partial charge in [-0.15, -0.1) is 0 Å². The number of rotatable bonds is 11. The number of aliphatic hydroxyl groups excluding tert-OH is 2. The second kappa shape index (κ2) is 16.4. The van der Waals surface area contributed by atoms with Crippen LogP contribution in [0.5, 0.6) is 17.2 Å². The van der Waals surface area contributed by atoms with Crippen molar-refractivity contribution in [3.8, 4) is 17.2 Å². The number of ketones is 1. The molecule has 16 nitrogen and oxygen atoms in total. The molecule has 2 bridgehead atoms. The van der Waals surface area contributed by atoms with Gasteiger partial charge in [0.15, 0.2) is 22.8 Å². The van der Waals surface area contributed by atoms with Crippen molar-refractivity contribution < 1.29 is 58.1 Å². The van der Waals surface area contributed by atoms with E-state index in [0.29, 0.717) is 64.7 Å². The molecule has 6 unspecified atom stereocenters. The molecule has 356 valence electrons. The fraction of sp³-hybridized carbons (Fsp3) is 0.600. The lowest BCUT2D eigenvalue weighted by Crippen LogP contribution is -2.78. The molecule has 5 fully saturated rings. The van der Waals surface area contributed by atoms with Crippen molar-refractivity contribution in [3.05, 3.63) is 69.6 Å². The molecule has 0 amide bonds. The average Bonchev–Trinajstić information content (AvgIpc) is 3.74. The number of carbonyl (C=O) groups excluding carboxylic acids is 2. The van der Waals surface area contributed by atoms with Crippen LogP contribution in [0.15, 0.2) is 52.9 Å². The minimum atomic E-state index is -2.20. The molecule has 8 aliphatic rings. The number of hydrogen-bond donors (Lipinski definition) is 4. The summed E-state index contributed by atoms with van der Waals surface area (Å²) in [4.78, 5) is 32.7. The number of nitrogens with one attached hydrogen (secondary N) is 1. The summed E-state index contributed by atoms with van der Waals surface area (Å²) in [6, 6.07) is -0.727. The van der Waals surface area contributed by atoms with Gasteiger partial charge in [-0.1, -0.05) is 43.2 Å². The topological polar surface area (TPSA) is 202 Å². The van der Waals surface area contributed by atoms with Gasteiger partial charge in [-0.05, 0) is 99.1 Å². The number of carbonyl (C=O) groups is 2. The maximum absolute atomic E-state index is 15.3. The summed E-state index contributed by atoms with van der Waals surface area (Å²) in [7, 11) is 1.29. The monoisotopic (exact) mass is 912 g/mol. The summed E-state index contributed by atoms with van der Waals surface area (Å²) in [6.07, 6.45) is 6.89. The molecule has 6 heterocycles. The fourth-order valence-corrected chi connectivity index (χ4v) is 11.3. The normalized spacial score (nSPS) is 34.4. The number of benzene rings is 1. The molecule has 3 aliphatic carbocycles. The first-order chi connectivity index (χ1) is 31.1. The van der Waals surface area contributed by atoms with Crippen molar-refractivity contribution in [1.82, 2.24) is 14.8 Å². The van der Waals surface area contributed by atoms with Gasteiger partial charge in [-0.3, -0.25) is 4.79 Å². The van der Waals surface area contributed by atoms with Gasteiger partial charge in [0, 0.05) is 35.0 Å². The molecule has 2 saturated heterocycles. The van der Waals surface area contributed by atoms with Crippen molar-refractivity contribution in [1.29, 1.82) is 0 Å². The average molecular weight is 913 g/mol. The van der Waals surface area contributed by atoms with E-state index in [0.717, 1.165) is 12.0 Å². The van der Waals surface area contributed by atoms with Crippen molar-refractivity contribution in [3.63, 3.8) is 0 Å². The van der Waals surface area contributed by atoms with Crippen LogP contribution in [0.25, 0.3) is 11.8 Å². The van der Waals surface area contributed by atoms with E-state index in [-0.39, 0.29) is 30.3 Å². The van der Waals surface area contributed by atoms with Crippen LogP contribution < -0.4 is 19.5 Å². The molecule has 1 spiro atoms. The summed E-state index contributed by atoms with van der Waals surface area (Å²) in [5, 5.41) is 45.3. The highest BCUT2D eigenvalue weighted by Crippen LogP contribution is 2.69. The Morgan fingerprint density at radius 1 is 1.05 bits per heavy atom. The standard InChI is InChI=1S/C50H64N4O12/c1-24(2)13-12-18-48(10)19-17-29-39(65-48)28(15-14-25(3)4)41-33(40(29)63-45-38(56)37(55)42-32(62-45)22-61-47(8,9)64-42)35-34-36(54-46(53-35)51-23-52-54)30-21-31(26(5)6)50(34,66-41)49(59,43(30)57)20-16-27(7)44(58)60-11/h13-14,16-17,19,23,26,30-32,36-38,42,45,55-56,59H,12,15,18,20-22H2,1-11H3,(H,51,52,53)/b27-16-/t30?,31?,32-,36?,37-,38-,42-,45+,48?,49?,50?/m1/s1. The molecular formula is C50H64N4O12. The van der Waals surface area contributed by atoms with Crippen LogP contribution in [0.4, 0.5) is 5.95 Å². The number of aliphatic hydroxyl groups is 3. The van der Waals surface area contributed by atoms with Crippen LogP contribution in [-0.4, -0.2) is 109 Å². The minimum absolute atomic E-state index is 0.0700. The van der Waals surface area contributed by atoms with Crippen LogP contribution in [0, 0.1) is 17.8 Å². The van der Waals surface area contributed by atoms with Crippen LogP contribution in [0.3, 0.4) is 0 Å². The molecule has 66 heavy (non-hydrogen) atoms. The van der Waals surface area contributed by atoms with Crippen molar-refractivity contribution in [2.75, 3.05) is 19.0 Å². The number of ether oxygens (including phenoxy) is 7. The number of allylic oxidation sites excluding steroid dienone is 4. The van der Waals surface area contributed by atoms with Gasteiger partial charge in [-0.2, -0.15) is 10.1 Å². The number of Topliss-reactive ketones (excluding diaryl/α,β-unsaturated/α-hetero) is 1. The zero-order valence-corrected chi connectivity index (χ0v) is 39.8. The molecule has 3 saturated carbocycles. The predicted molar refractivity (Wildman–Crippen MR) is 242 cm³/mol. The molecule has 0 radical (unpaired) electrons. The summed E-state index contributed by atoms with van der Waals surface area (Å²) in [5.41, 5.74) is 0.414. The Hall–Kier alpha value is -4.84. The van der Waals surface area contributed by atoms with E-state index in [4.69, 9.17) is 33.2 Å². The molecule has 1 aromatic carbocycles. The lowest BCUT2D eigenvalue weighted by molar-refractivity contribution is -0.373. The van der Waals surface area contributed by atoms with Crippen LogP contribution >= 0.6 is 0 Å². The number of fused-ring (bicyclic) bond motifs is 7. The molecule has 1 aromatic heterocycles. The molecule has 2 aromatic rings. The summed E-state index contributed by atoms with van der Waals surface area (Å²) in [6.45, 7) is 19.4. The highest BCUT2D eigenvalue weighted by Gasteiger charge is 2.77. The number of anilines is 1. The molecule has 10 rings (SSSR count). The fourth-order valence-electron chi connectivity index (χ4n) is 11.3. The van der Waals surface area contributed by atoms with Crippen LogP contribution in [-0.2, 0) is 35.0 Å². The van der Waals surface area contributed by atoms with Gasteiger partial charge in [-0.25, -0.2) is 9.48 Å². The van der Waals surface area contributed by atoms with Gasteiger partial charge in [0.25, 0.3) is 0 Å². The number of hydrogen-bond acceptors (Lipinski definition) is 15. The first-order valence-electron chi connectivity index (χ1n) is 23.2. The highest BCUT2D eigenvalue weighted by atomic mass is 16.8. The first kappa shape index (κ1) is 46.3. The zero-order valence-electron chi connectivity index (χ0n) is 39.8. The van der Waals surface area contributed by atoms with E-state index in [2.05, 4.69) is 55.2 Å². The molecule has 5 aliphatic heterocycles. The predicted octanol–water partition coefficient (Wildman–Crippen LogP) is 6.30. The highest BCUT2D eigenvalue weighted by molar-refractivity contribution is 6.02. The van der Waals surface area contributed by atoms with Gasteiger partial charge < -0.3 is 53.8 Å². The molecule has 16 heteroatoms. The van der Waals surface area contributed by atoms with E-state index >= 15 is 4.79 Å². The summed E-state index contributed by atoms with van der Waals surface area (Å²) < 4.78 is 47.1. The van der Waals surface area contributed by atoms with Crippen LogP contribution in [0.2, 0.25) is 0 Å². The molecule has 11 atom stereocenters. The van der Waals surface area contributed by atoms with E-state index in [1.807, 2.05) is 32.9 Å². The number of aromatic nitrogens is 3. The summed E-state index contributed by atoms with van der Waals surface area (Å²) in [5.74, 6) is -2.03.